The number of fused-ring (bicyclic) bond motifs is 1. The Balaban J connectivity index is 1.53. The summed E-state index contributed by atoms with van der Waals surface area (Å²) >= 11 is 0. The zero-order valence-electron chi connectivity index (χ0n) is 17.9. The summed E-state index contributed by atoms with van der Waals surface area (Å²) in [6.45, 7) is 5.83. The molecule has 0 radical (unpaired) electrons. The van der Waals surface area contributed by atoms with Crippen LogP contribution in [-0.2, 0) is 26.0 Å². The smallest absolute Gasteiger partial charge is 0.240 e. The summed E-state index contributed by atoms with van der Waals surface area (Å²) in [7, 11) is -3.62. The lowest BCUT2D eigenvalue weighted by Crippen LogP contribution is -2.59. The molecule has 0 spiro atoms. The number of carbonyl (C=O) groups is 1. The summed E-state index contributed by atoms with van der Waals surface area (Å²) in [5.41, 5.74) is 1.65. The SMILES string of the molecule is CC(=O)N1CCCc2cc(S(=O)(=O)NCC3(N4CCOCC4)CCCCC3)ccc21. The number of nitrogens with one attached hydrogen (secondary N) is 1. The molecule has 0 bridgehead atoms. The van der Waals surface area contributed by atoms with Gasteiger partial charge in [-0.15, -0.1) is 0 Å². The van der Waals surface area contributed by atoms with Crippen LogP contribution in [0.1, 0.15) is 51.0 Å². The van der Waals surface area contributed by atoms with Crippen LogP contribution in [0.2, 0.25) is 0 Å². The highest BCUT2D eigenvalue weighted by Gasteiger charge is 2.39. The summed E-state index contributed by atoms with van der Waals surface area (Å²) in [5, 5.41) is 0. The molecule has 1 aromatic rings. The van der Waals surface area contributed by atoms with Crippen LogP contribution in [0.25, 0.3) is 0 Å². The Morgan fingerprint density at radius 3 is 2.53 bits per heavy atom. The third-order valence-corrected chi connectivity index (χ3v) is 8.32. The number of sulfonamides is 1. The van der Waals surface area contributed by atoms with Crippen LogP contribution >= 0.6 is 0 Å². The monoisotopic (exact) mass is 435 g/mol. The largest absolute Gasteiger partial charge is 0.379 e. The quantitative estimate of drug-likeness (QED) is 0.768. The molecule has 1 N–H and O–H groups in total. The van der Waals surface area contributed by atoms with Crippen molar-refractivity contribution in [2.24, 2.45) is 0 Å². The number of carbonyl (C=O) groups excluding carboxylic acids is 1. The molecule has 2 aliphatic heterocycles. The minimum Gasteiger partial charge on any atom is -0.379 e. The van der Waals surface area contributed by atoms with E-state index in [0.29, 0.717) is 31.2 Å². The van der Waals surface area contributed by atoms with Crippen LogP contribution in [0.5, 0.6) is 0 Å². The number of aryl methyl sites for hydroxylation is 1. The summed E-state index contributed by atoms with van der Waals surface area (Å²) in [6.07, 6.45) is 7.18. The molecule has 8 heteroatoms. The first-order valence-corrected chi connectivity index (χ1v) is 12.6. The molecule has 7 nitrogen and oxygen atoms in total. The van der Waals surface area contributed by atoms with Crippen molar-refractivity contribution in [2.75, 3.05) is 44.3 Å². The first kappa shape index (κ1) is 21.7. The van der Waals surface area contributed by atoms with Gasteiger partial charge in [-0.3, -0.25) is 9.69 Å². The number of rotatable bonds is 5. The number of amides is 1. The van der Waals surface area contributed by atoms with Crippen molar-refractivity contribution >= 4 is 21.6 Å². The number of morpholine rings is 1. The average Bonchev–Trinajstić information content (AvgIpc) is 2.78. The highest BCUT2D eigenvalue weighted by molar-refractivity contribution is 7.89. The number of nitrogens with zero attached hydrogens (tertiary/aromatic N) is 2. The fourth-order valence-electron chi connectivity index (χ4n) is 5.23. The maximum absolute atomic E-state index is 13.2. The molecule has 3 aliphatic rings. The van der Waals surface area contributed by atoms with Crippen molar-refractivity contribution in [1.29, 1.82) is 0 Å². The number of ether oxygens (including phenoxy) is 1. The van der Waals surface area contributed by atoms with Crippen LogP contribution in [0, 0.1) is 0 Å². The summed E-state index contributed by atoms with van der Waals surface area (Å²) < 4.78 is 34.8. The minimum absolute atomic E-state index is 0.00515. The van der Waals surface area contributed by atoms with E-state index in [9.17, 15) is 13.2 Å². The molecule has 2 fully saturated rings. The second kappa shape index (κ2) is 8.94. The number of hydrogen-bond acceptors (Lipinski definition) is 5. The van der Waals surface area contributed by atoms with Crippen molar-refractivity contribution in [3.05, 3.63) is 23.8 Å². The van der Waals surface area contributed by atoms with Gasteiger partial charge in [0.1, 0.15) is 0 Å². The molecule has 166 valence electrons. The minimum atomic E-state index is -3.62. The predicted octanol–water partition coefficient (Wildman–Crippen LogP) is 2.30. The fourth-order valence-corrected chi connectivity index (χ4v) is 6.40. The predicted molar refractivity (Wildman–Crippen MR) is 116 cm³/mol. The van der Waals surface area contributed by atoms with Crippen molar-refractivity contribution in [3.8, 4) is 0 Å². The van der Waals surface area contributed by atoms with Gasteiger partial charge in [-0.2, -0.15) is 0 Å². The van der Waals surface area contributed by atoms with E-state index < -0.39 is 10.0 Å². The zero-order chi connectivity index (χ0) is 21.2. The van der Waals surface area contributed by atoms with Crippen LogP contribution < -0.4 is 9.62 Å². The van der Waals surface area contributed by atoms with E-state index in [2.05, 4.69) is 9.62 Å². The topological polar surface area (TPSA) is 79.0 Å². The number of anilines is 1. The maximum atomic E-state index is 13.2. The summed E-state index contributed by atoms with van der Waals surface area (Å²) in [4.78, 5) is 16.4. The normalized spacial score (nSPS) is 22.5. The Kier molecular flexibility index (Phi) is 6.48. The Bertz CT molecular complexity index is 874. The van der Waals surface area contributed by atoms with Gasteiger partial charge in [0.15, 0.2) is 0 Å². The van der Waals surface area contributed by atoms with E-state index in [1.54, 1.807) is 30.0 Å². The molecule has 2 heterocycles. The van der Waals surface area contributed by atoms with E-state index in [-0.39, 0.29) is 11.4 Å². The Labute approximate surface area is 179 Å². The first-order chi connectivity index (χ1) is 14.4. The lowest BCUT2D eigenvalue weighted by molar-refractivity contribution is -0.116. The summed E-state index contributed by atoms with van der Waals surface area (Å²) in [5.74, 6) is -0.00515. The second-order valence-corrected chi connectivity index (χ2v) is 10.5. The zero-order valence-corrected chi connectivity index (χ0v) is 18.7. The maximum Gasteiger partial charge on any atom is 0.240 e. The molecule has 1 amide bonds. The highest BCUT2D eigenvalue weighted by Crippen LogP contribution is 2.35. The second-order valence-electron chi connectivity index (χ2n) is 8.77. The van der Waals surface area contributed by atoms with Gasteiger partial charge in [0.25, 0.3) is 0 Å². The van der Waals surface area contributed by atoms with Crippen molar-refractivity contribution in [1.82, 2.24) is 9.62 Å². The van der Waals surface area contributed by atoms with Gasteiger partial charge in [-0.05, 0) is 49.4 Å². The van der Waals surface area contributed by atoms with Gasteiger partial charge in [0.05, 0.1) is 18.1 Å². The Hall–Kier alpha value is -1.48. The first-order valence-electron chi connectivity index (χ1n) is 11.1. The van der Waals surface area contributed by atoms with Crippen molar-refractivity contribution in [3.63, 3.8) is 0 Å². The van der Waals surface area contributed by atoms with E-state index in [1.807, 2.05) is 0 Å². The molecule has 1 aliphatic carbocycles. The molecule has 1 saturated carbocycles. The van der Waals surface area contributed by atoms with E-state index in [4.69, 9.17) is 4.74 Å². The van der Waals surface area contributed by atoms with Gasteiger partial charge in [-0.1, -0.05) is 19.3 Å². The molecule has 0 unspecified atom stereocenters. The third kappa shape index (κ3) is 4.42. The third-order valence-electron chi connectivity index (χ3n) is 6.92. The Morgan fingerprint density at radius 1 is 1.10 bits per heavy atom. The molecule has 4 rings (SSSR count). The molecular formula is C22H33N3O4S. The highest BCUT2D eigenvalue weighted by atomic mass is 32.2. The number of hydrogen-bond donors (Lipinski definition) is 1. The van der Waals surface area contributed by atoms with Gasteiger partial charge >= 0.3 is 0 Å². The molecule has 1 aromatic carbocycles. The van der Waals surface area contributed by atoms with Gasteiger partial charge in [0, 0.05) is 44.3 Å². The van der Waals surface area contributed by atoms with Crippen molar-refractivity contribution < 1.29 is 17.9 Å². The van der Waals surface area contributed by atoms with E-state index in [0.717, 1.165) is 62.9 Å². The van der Waals surface area contributed by atoms with Crippen LogP contribution in [-0.4, -0.2) is 64.2 Å². The average molecular weight is 436 g/mol. The van der Waals surface area contributed by atoms with Crippen LogP contribution in [0.15, 0.2) is 23.1 Å². The van der Waals surface area contributed by atoms with E-state index in [1.165, 1.54) is 6.42 Å². The van der Waals surface area contributed by atoms with Crippen LogP contribution in [0.4, 0.5) is 5.69 Å². The number of benzene rings is 1. The molecule has 30 heavy (non-hydrogen) atoms. The van der Waals surface area contributed by atoms with Crippen LogP contribution in [0.3, 0.4) is 0 Å². The molecule has 0 aromatic heterocycles. The Morgan fingerprint density at radius 2 is 1.83 bits per heavy atom. The molecule has 1 saturated heterocycles. The van der Waals surface area contributed by atoms with Gasteiger partial charge < -0.3 is 9.64 Å². The van der Waals surface area contributed by atoms with Crippen molar-refractivity contribution in [2.45, 2.75) is 62.3 Å². The lowest BCUT2D eigenvalue weighted by atomic mass is 9.80. The molecule has 0 atom stereocenters. The summed E-state index contributed by atoms with van der Waals surface area (Å²) in [6, 6.07) is 5.16. The van der Waals surface area contributed by atoms with Gasteiger partial charge in [-0.25, -0.2) is 13.1 Å². The standard InChI is InChI=1S/C22H33N3O4S/c1-18(26)25-11-5-6-19-16-20(7-8-21(19)25)30(27,28)23-17-22(9-3-2-4-10-22)24-12-14-29-15-13-24/h7-8,16,23H,2-6,9-15,17H2,1H3. The lowest BCUT2D eigenvalue weighted by Gasteiger charge is -2.48. The van der Waals surface area contributed by atoms with Gasteiger partial charge in [0.2, 0.25) is 15.9 Å². The molecular weight excluding hydrogens is 402 g/mol. The fraction of sp³-hybridized carbons (Fsp3) is 0.682. The van der Waals surface area contributed by atoms with E-state index >= 15 is 0 Å².